The van der Waals surface area contributed by atoms with Crippen LogP contribution in [0.3, 0.4) is 0 Å². The van der Waals surface area contributed by atoms with Crippen LogP contribution in [0.5, 0.6) is 0 Å². The number of carboxylic acid groups (broad SMARTS) is 1. The Labute approximate surface area is 237 Å². The number of amides is 2. The maximum Gasteiger partial charge on any atom is 0.328 e. The Morgan fingerprint density at radius 3 is 2.59 bits per heavy atom. The summed E-state index contributed by atoms with van der Waals surface area (Å²) in [4.78, 5) is 46.5. The topological polar surface area (TPSA) is 151 Å². The first kappa shape index (κ1) is 27.7. The predicted molar refractivity (Wildman–Crippen MR) is 151 cm³/mol. The van der Waals surface area contributed by atoms with Gasteiger partial charge >= 0.3 is 5.97 Å². The van der Waals surface area contributed by atoms with Gasteiger partial charge in [0, 0.05) is 37.1 Å². The average Bonchev–Trinajstić information content (AvgIpc) is 3.64. The van der Waals surface area contributed by atoms with Gasteiger partial charge in [0.2, 0.25) is 5.96 Å². The third kappa shape index (κ3) is 5.72. The summed E-state index contributed by atoms with van der Waals surface area (Å²) in [6.07, 6.45) is 4.33. The van der Waals surface area contributed by atoms with Crippen LogP contribution in [0.25, 0.3) is 11.0 Å². The summed E-state index contributed by atoms with van der Waals surface area (Å²) in [6.45, 7) is 5.74. The van der Waals surface area contributed by atoms with Crippen LogP contribution in [0.4, 0.5) is 0 Å². The largest absolute Gasteiger partial charge is 0.480 e. The summed E-state index contributed by atoms with van der Waals surface area (Å²) in [5, 5.41) is 24.9. The average molecular weight is 557 g/mol. The second-order valence-corrected chi connectivity index (χ2v) is 10.4. The Balaban J connectivity index is 1.32. The minimum Gasteiger partial charge on any atom is -0.480 e. The normalized spacial score (nSPS) is 15.8. The van der Waals surface area contributed by atoms with E-state index in [9.17, 15) is 19.5 Å². The predicted octanol–water partition coefficient (Wildman–Crippen LogP) is 2.95. The number of furan rings is 1. The smallest absolute Gasteiger partial charge is 0.328 e. The minimum atomic E-state index is -1.27. The van der Waals surface area contributed by atoms with Gasteiger partial charge in [-0.2, -0.15) is 5.26 Å². The lowest BCUT2D eigenvalue weighted by Gasteiger charge is -2.30. The van der Waals surface area contributed by atoms with E-state index in [1.807, 2.05) is 48.3 Å². The molecule has 3 N–H and O–H groups in total. The number of rotatable bonds is 6. The lowest BCUT2D eigenvalue weighted by molar-refractivity contribution is -0.138. The number of nitrogens with one attached hydrogen (secondary N) is 2. The van der Waals surface area contributed by atoms with Crippen molar-refractivity contribution in [1.29, 1.82) is 5.26 Å². The van der Waals surface area contributed by atoms with Gasteiger partial charge in [-0.3, -0.25) is 14.9 Å². The number of para-hydroxylation sites is 1. The number of carbonyl (C=O) groups is 3. The molecule has 3 heterocycles. The molecule has 3 aromatic rings. The van der Waals surface area contributed by atoms with E-state index < -0.39 is 17.9 Å². The van der Waals surface area contributed by atoms with Crippen LogP contribution in [0.15, 0.2) is 45.8 Å². The molecule has 2 aromatic carbocycles. The molecule has 41 heavy (non-hydrogen) atoms. The SMILES string of the molecule is Cc1cc2c(c(C)c1C(=O)NC(CN=C(NC#N)N1CCCC1)C(=O)O)CCN(C(=O)c1cc3ccccc3o1)C2. The number of aliphatic carboxylic acids is 1. The van der Waals surface area contributed by atoms with Crippen molar-refractivity contribution in [3.05, 3.63) is 70.0 Å². The van der Waals surface area contributed by atoms with Crippen molar-refractivity contribution in [2.75, 3.05) is 26.2 Å². The van der Waals surface area contributed by atoms with Crippen LogP contribution in [-0.2, 0) is 17.8 Å². The van der Waals surface area contributed by atoms with Crippen molar-refractivity contribution < 1.29 is 23.9 Å². The quantitative estimate of drug-likeness (QED) is 0.181. The molecule has 1 aromatic heterocycles. The highest BCUT2D eigenvalue weighted by molar-refractivity contribution is 6.00. The van der Waals surface area contributed by atoms with E-state index in [1.165, 1.54) is 0 Å². The van der Waals surface area contributed by atoms with E-state index in [0.29, 0.717) is 47.9 Å². The Hall–Kier alpha value is -4.85. The molecule has 11 heteroatoms. The van der Waals surface area contributed by atoms with E-state index in [4.69, 9.17) is 9.68 Å². The highest BCUT2D eigenvalue weighted by atomic mass is 16.4. The van der Waals surface area contributed by atoms with Crippen LogP contribution in [0.1, 0.15) is 56.0 Å². The molecule has 0 spiro atoms. The number of hydrogen-bond acceptors (Lipinski definition) is 6. The van der Waals surface area contributed by atoms with Gasteiger partial charge in [0.1, 0.15) is 11.6 Å². The summed E-state index contributed by atoms with van der Waals surface area (Å²) in [7, 11) is 0. The van der Waals surface area contributed by atoms with Gasteiger partial charge in [0.25, 0.3) is 11.8 Å². The van der Waals surface area contributed by atoms with Crippen LogP contribution in [0.2, 0.25) is 0 Å². The molecule has 2 aliphatic rings. The lowest BCUT2D eigenvalue weighted by Crippen LogP contribution is -2.45. The number of benzene rings is 2. The Bertz CT molecular complexity index is 1550. The summed E-state index contributed by atoms with van der Waals surface area (Å²) < 4.78 is 5.78. The summed E-state index contributed by atoms with van der Waals surface area (Å²) >= 11 is 0. The molecule has 0 saturated carbocycles. The van der Waals surface area contributed by atoms with Gasteiger partial charge in [0.15, 0.2) is 12.0 Å². The van der Waals surface area contributed by atoms with Crippen molar-refractivity contribution in [3.63, 3.8) is 0 Å². The summed E-state index contributed by atoms with van der Waals surface area (Å²) in [6, 6.07) is 9.86. The monoisotopic (exact) mass is 556 g/mol. The maximum atomic E-state index is 13.4. The van der Waals surface area contributed by atoms with E-state index in [2.05, 4.69) is 15.6 Å². The number of likely N-dealkylation sites (tertiary alicyclic amines) is 1. The van der Waals surface area contributed by atoms with E-state index in [-0.39, 0.29) is 12.5 Å². The Kier molecular flexibility index (Phi) is 7.92. The van der Waals surface area contributed by atoms with Gasteiger partial charge < -0.3 is 24.6 Å². The molecule has 212 valence electrons. The number of nitrogens with zero attached hydrogens (tertiary/aromatic N) is 4. The number of aliphatic imine (C=N–C) groups is 1. The molecule has 11 nitrogen and oxygen atoms in total. The second-order valence-electron chi connectivity index (χ2n) is 10.4. The molecule has 1 atom stereocenters. The standard InChI is InChI=1S/C30H32N6O5/c1-18-13-21-16-36(28(38)25-14-20-7-3-4-8-24(20)41-25)12-9-22(21)19(2)26(18)27(37)34-23(29(39)40)15-32-30(33-17-31)35-10-5-6-11-35/h3-4,7-8,13-14,23H,5-6,9-12,15-16H2,1-2H3,(H,32,33)(H,34,37)(H,39,40). The molecule has 0 bridgehead atoms. The highest BCUT2D eigenvalue weighted by Crippen LogP contribution is 2.29. The number of carbonyl (C=O) groups excluding carboxylic acids is 2. The fourth-order valence-corrected chi connectivity index (χ4v) is 5.69. The first-order valence-corrected chi connectivity index (χ1v) is 13.6. The molecule has 0 radical (unpaired) electrons. The summed E-state index contributed by atoms with van der Waals surface area (Å²) in [5.74, 6) is -1.30. The van der Waals surface area contributed by atoms with E-state index in [0.717, 1.165) is 48.0 Å². The van der Waals surface area contributed by atoms with Crippen molar-refractivity contribution in [1.82, 2.24) is 20.4 Å². The number of aryl methyl sites for hydroxylation is 1. The van der Waals surface area contributed by atoms with Gasteiger partial charge in [-0.05, 0) is 67.5 Å². The number of nitriles is 1. The molecular weight excluding hydrogens is 524 g/mol. The third-order valence-corrected chi connectivity index (χ3v) is 7.74. The van der Waals surface area contributed by atoms with Gasteiger partial charge in [-0.25, -0.2) is 9.79 Å². The van der Waals surface area contributed by atoms with Crippen molar-refractivity contribution in [2.45, 2.75) is 45.7 Å². The summed E-state index contributed by atoms with van der Waals surface area (Å²) in [5.41, 5.74) is 4.47. The van der Waals surface area contributed by atoms with Crippen LogP contribution in [-0.4, -0.2) is 70.9 Å². The molecular formula is C30H32N6O5. The molecule has 5 rings (SSSR count). The fraction of sp³-hybridized carbons (Fsp3) is 0.367. The molecule has 1 fully saturated rings. The van der Waals surface area contributed by atoms with Crippen LogP contribution < -0.4 is 10.6 Å². The molecule has 1 saturated heterocycles. The first-order chi connectivity index (χ1) is 19.8. The minimum absolute atomic E-state index is 0.187. The number of fused-ring (bicyclic) bond motifs is 2. The van der Waals surface area contributed by atoms with Gasteiger partial charge in [-0.1, -0.05) is 24.3 Å². The zero-order valence-electron chi connectivity index (χ0n) is 23.1. The van der Waals surface area contributed by atoms with Crippen molar-refractivity contribution >= 4 is 34.7 Å². The van der Waals surface area contributed by atoms with Crippen LogP contribution in [0, 0.1) is 25.3 Å². The van der Waals surface area contributed by atoms with E-state index >= 15 is 0 Å². The molecule has 0 aliphatic carbocycles. The number of guanidine groups is 1. The fourth-order valence-electron chi connectivity index (χ4n) is 5.69. The number of carboxylic acids is 1. The molecule has 2 aliphatic heterocycles. The Morgan fingerprint density at radius 2 is 1.88 bits per heavy atom. The van der Waals surface area contributed by atoms with Crippen LogP contribution >= 0.6 is 0 Å². The van der Waals surface area contributed by atoms with E-state index in [1.54, 1.807) is 17.9 Å². The van der Waals surface area contributed by atoms with Crippen molar-refractivity contribution in [3.8, 4) is 6.19 Å². The second kappa shape index (κ2) is 11.7. The van der Waals surface area contributed by atoms with Gasteiger partial charge in [-0.15, -0.1) is 0 Å². The first-order valence-electron chi connectivity index (χ1n) is 13.6. The highest BCUT2D eigenvalue weighted by Gasteiger charge is 2.29. The Morgan fingerprint density at radius 1 is 1.12 bits per heavy atom. The number of hydrogen-bond donors (Lipinski definition) is 3. The third-order valence-electron chi connectivity index (χ3n) is 7.74. The van der Waals surface area contributed by atoms with Gasteiger partial charge in [0.05, 0.1) is 6.54 Å². The maximum absolute atomic E-state index is 13.4. The zero-order valence-corrected chi connectivity index (χ0v) is 23.1. The lowest BCUT2D eigenvalue weighted by atomic mass is 9.88. The van der Waals surface area contributed by atoms with Crippen molar-refractivity contribution in [2.24, 2.45) is 4.99 Å². The zero-order chi connectivity index (χ0) is 29.1. The molecule has 1 unspecified atom stereocenters. The molecule has 2 amide bonds.